The largest absolute Gasteiger partial charge is 0.399 e. The Kier molecular flexibility index (Phi) is 4.90. The molecule has 0 aliphatic rings. The fourth-order valence-corrected chi connectivity index (χ4v) is 2.49. The van der Waals surface area contributed by atoms with Gasteiger partial charge in [0.2, 0.25) is 0 Å². The average Bonchev–Trinajstić information content (AvgIpc) is 2.40. The van der Waals surface area contributed by atoms with Gasteiger partial charge in [-0.3, -0.25) is 4.79 Å². The first-order chi connectivity index (χ1) is 9.54. The minimum atomic E-state index is -0.312. The molecule has 0 heterocycles. The lowest BCUT2D eigenvalue weighted by Gasteiger charge is -2.05. The number of ketones is 1. The van der Waals surface area contributed by atoms with Crippen molar-refractivity contribution >= 4 is 27.4 Å². The molecule has 0 saturated heterocycles. The van der Waals surface area contributed by atoms with Gasteiger partial charge in [0, 0.05) is 23.0 Å². The van der Waals surface area contributed by atoms with Crippen molar-refractivity contribution in [2.75, 3.05) is 5.73 Å². The average molecular weight is 336 g/mol. The van der Waals surface area contributed by atoms with E-state index in [-0.39, 0.29) is 11.6 Å². The van der Waals surface area contributed by atoms with Crippen molar-refractivity contribution in [1.29, 1.82) is 0 Å². The van der Waals surface area contributed by atoms with Crippen molar-refractivity contribution in [1.82, 2.24) is 0 Å². The highest BCUT2D eigenvalue weighted by Crippen LogP contribution is 2.19. The van der Waals surface area contributed by atoms with Crippen LogP contribution in [-0.2, 0) is 17.6 Å². The highest BCUT2D eigenvalue weighted by molar-refractivity contribution is 9.10. The van der Waals surface area contributed by atoms with Crippen molar-refractivity contribution in [3.8, 4) is 0 Å². The Balaban J connectivity index is 1.92. The molecule has 0 aromatic heterocycles. The van der Waals surface area contributed by atoms with E-state index in [4.69, 9.17) is 5.73 Å². The molecular weight excluding hydrogens is 321 g/mol. The molecule has 0 amide bonds. The molecule has 0 spiro atoms. The number of anilines is 1. The van der Waals surface area contributed by atoms with Gasteiger partial charge in [0.25, 0.3) is 0 Å². The second-order valence-electron chi connectivity index (χ2n) is 4.70. The standard InChI is InChI=1S/C16H15BrFNO/c17-16-10-13(18)6-5-12(16)9-15(20)7-4-11-2-1-3-14(19)8-11/h1-3,5-6,8,10H,4,7,9,19H2. The molecule has 0 aliphatic heterocycles. The van der Waals surface area contributed by atoms with Gasteiger partial charge in [-0.2, -0.15) is 0 Å². The van der Waals surface area contributed by atoms with E-state index in [1.54, 1.807) is 6.07 Å². The first kappa shape index (κ1) is 14.7. The lowest BCUT2D eigenvalue weighted by Crippen LogP contribution is -2.05. The van der Waals surface area contributed by atoms with Crippen LogP contribution in [0.5, 0.6) is 0 Å². The van der Waals surface area contributed by atoms with Crippen molar-refractivity contribution in [3.63, 3.8) is 0 Å². The third kappa shape index (κ3) is 4.17. The topological polar surface area (TPSA) is 43.1 Å². The highest BCUT2D eigenvalue weighted by atomic mass is 79.9. The van der Waals surface area contributed by atoms with Crippen molar-refractivity contribution in [2.45, 2.75) is 19.3 Å². The zero-order valence-corrected chi connectivity index (χ0v) is 12.5. The second kappa shape index (κ2) is 6.66. The first-order valence-electron chi connectivity index (χ1n) is 6.34. The maximum atomic E-state index is 13.0. The molecular formula is C16H15BrFNO. The molecule has 0 saturated carbocycles. The summed E-state index contributed by atoms with van der Waals surface area (Å²) in [6.45, 7) is 0. The van der Waals surface area contributed by atoms with Crippen molar-refractivity contribution in [3.05, 3.63) is 63.9 Å². The number of rotatable bonds is 5. The van der Waals surface area contributed by atoms with Gasteiger partial charge in [-0.15, -0.1) is 0 Å². The van der Waals surface area contributed by atoms with Gasteiger partial charge in [-0.05, 0) is 41.8 Å². The van der Waals surface area contributed by atoms with Gasteiger partial charge in [0.15, 0.2) is 0 Å². The molecule has 20 heavy (non-hydrogen) atoms. The highest BCUT2D eigenvalue weighted by Gasteiger charge is 2.08. The molecule has 2 nitrogen and oxygen atoms in total. The van der Waals surface area contributed by atoms with Gasteiger partial charge in [0.1, 0.15) is 11.6 Å². The molecule has 4 heteroatoms. The molecule has 0 fully saturated rings. The van der Waals surface area contributed by atoms with E-state index in [2.05, 4.69) is 15.9 Å². The van der Waals surface area contributed by atoms with E-state index in [9.17, 15) is 9.18 Å². The van der Waals surface area contributed by atoms with Gasteiger partial charge >= 0.3 is 0 Å². The number of carbonyl (C=O) groups is 1. The van der Waals surface area contributed by atoms with E-state index in [1.807, 2.05) is 24.3 Å². The summed E-state index contributed by atoms with van der Waals surface area (Å²) in [6.07, 6.45) is 1.43. The third-order valence-electron chi connectivity index (χ3n) is 3.05. The van der Waals surface area contributed by atoms with Crippen LogP contribution in [-0.4, -0.2) is 5.78 Å². The lowest BCUT2D eigenvalue weighted by molar-refractivity contribution is -0.118. The maximum Gasteiger partial charge on any atom is 0.137 e. The molecule has 2 aromatic carbocycles. The molecule has 0 bridgehead atoms. The van der Waals surface area contributed by atoms with Crippen LogP contribution in [0.1, 0.15) is 17.5 Å². The summed E-state index contributed by atoms with van der Waals surface area (Å²) in [5, 5.41) is 0. The number of aryl methyl sites for hydroxylation is 1. The molecule has 2 N–H and O–H groups in total. The van der Waals surface area contributed by atoms with Crippen LogP contribution in [0, 0.1) is 5.82 Å². The Bertz CT molecular complexity index is 628. The van der Waals surface area contributed by atoms with Crippen LogP contribution in [0.3, 0.4) is 0 Å². The van der Waals surface area contributed by atoms with Crippen molar-refractivity contribution < 1.29 is 9.18 Å². The normalized spacial score (nSPS) is 10.5. The van der Waals surface area contributed by atoms with E-state index < -0.39 is 0 Å². The molecule has 0 atom stereocenters. The molecule has 2 rings (SSSR count). The number of nitrogen functional groups attached to an aromatic ring is 1. The summed E-state index contributed by atoms with van der Waals surface area (Å²) >= 11 is 3.27. The van der Waals surface area contributed by atoms with Crippen LogP contribution < -0.4 is 5.73 Å². The Morgan fingerprint density at radius 3 is 2.70 bits per heavy atom. The molecule has 0 radical (unpaired) electrons. The zero-order chi connectivity index (χ0) is 14.5. The number of hydrogen-bond acceptors (Lipinski definition) is 2. The van der Waals surface area contributed by atoms with E-state index in [1.165, 1.54) is 12.1 Å². The summed E-state index contributed by atoms with van der Waals surface area (Å²) < 4.78 is 13.6. The van der Waals surface area contributed by atoms with Crippen LogP contribution in [0.25, 0.3) is 0 Å². The van der Waals surface area contributed by atoms with Gasteiger partial charge < -0.3 is 5.73 Å². The predicted octanol–water partition coefficient (Wildman–Crippen LogP) is 3.91. The van der Waals surface area contributed by atoms with Gasteiger partial charge in [0.05, 0.1) is 0 Å². The van der Waals surface area contributed by atoms with E-state index in [0.29, 0.717) is 29.4 Å². The summed E-state index contributed by atoms with van der Waals surface area (Å²) in [7, 11) is 0. The number of nitrogens with two attached hydrogens (primary N) is 1. The van der Waals surface area contributed by atoms with Crippen molar-refractivity contribution in [2.24, 2.45) is 0 Å². The Labute approximate surface area is 125 Å². The maximum absolute atomic E-state index is 13.0. The Morgan fingerprint density at radius 1 is 1.20 bits per heavy atom. The molecule has 2 aromatic rings. The van der Waals surface area contributed by atoms with E-state index in [0.717, 1.165) is 11.1 Å². The minimum Gasteiger partial charge on any atom is -0.399 e. The van der Waals surface area contributed by atoms with Crippen LogP contribution in [0.4, 0.5) is 10.1 Å². The SMILES string of the molecule is Nc1cccc(CCC(=O)Cc2ccc(F)cc2Br)c1. The summed E-state index contributed by atoms with van der Waals surface area (Å²) in [5.41, 5.74) is 8.26. The summed E-state index contributed by atoms with van der Waals surface area (Å²) in [4.78, 5) is 12.0. The third-order valence-corrected chi connectivity index (χ3v) is 3.78. The van der Waals surface area contributed by atoms with Crippen LogP contribution in [0.2, 0.25) is 0 Å². The number of halogens is 2. The van der Waals surface area contributed by atoms with Gasteiger partial charge in [-0.25, -0.2) is 4.39 Å². The number of hydrogen-bond donors (Lipinski definition) is 1. The smallest absolute Gasteiger partial charge is 0.137 e. The molecule has 0 aliphatic carbocycles. The minimum absolute atomic E-state index is 0.125. The lowest BCUT2D eigenvalue weighted by atomic mass is 10.0. The first-order valence-corrected chi connectivity index (χ1v) is 7.14. The quantitative estimate of drug-likeness (QED) is 0.841. The zero-order valence-electron chi connectivity index (χ0n) is 10.9. The number of benzene rings is 2. The second-order valence-corrected chi connectivity index (χ2v) is 5.55. The van der Waals surface area contributed by atoms with Gasteiger partial charge in [-0.1, -0.05) is 34.1 Å². The van der Waals surface area contributed by atoms with E-state index >= 15 is 0 Å². The Morgan fingerprint density at radius 2 is 2.00 bits per heavy atom. The molecule has 0 unspecified atom stereocenters. The fourth-order valence-electron chi connectivity index (χ4n) is 2.00. The Hall–Kier alpha value is -1.68. The monoisotopic (exact) mass is 335 g/mol. The number of Topliss-reactive ketones (excluding diaryl/α,β-unsaturated/α-hetero) is 1. The number of carbonyl (C=O) groups excluding carboxylic acids is 1. The molecule has 104 valence electrons. The summed E-state index contributed by atoms with van der Waals surface area (Å²) in [6, 6.07) is 11.9. The fraction of sp³-hybridized carbons (Fsp3) is 0.188. The van der Waals surface area contributed by atoms with Crippen LogP contribution in [0.15, 0.2) is 46.9 Å². The predicted molar refractivity (Wildman–Crippen MR) is 82.0 cm³/mol. The van der Waals surface area contributed by atoms with Crippen LogP contribution >= 0.6 is 15.9 Å². The summed E-state index contributed by atoms with van der Waals surface area (Å²) in [5.74, 6) is -0.187.